The van der Waals surface area contributed by atoms with Crippen LogP contribution >= 0.6 is 0 Å². The molecule has 28 heavy (non-hydrogen) atoms. The molecular formula is C22H25NO5. The number of carbonyl (C=O) groups is 2. The minimum atomic E-state index is -0.501. The smallest absolute Gasteiger partial charge is 0.224 e. The second-order valence-corrected chi connectivity index (χ2v) is 7.35. The van der Waals surface area contributed by atoms with E-state index in [1.54, 1.807) is 25.3 Å². The second kappa shape index (κ2) is 8.33. The van der Waals surface area contributed by atoms with Crippen LogP contribution in [0.4, 0.5) is 5.69 Å². The maximum atomic E-state index is 12.3. The Bertz CT molecular complexity index is 858. The molecule has 0 saturated carbocycles. The summed E-state index contributed by atoms with van der Waals surface area (Å²) in [6.07, 6.45) is 1.23. The predicted molar refractivity (Wildman–Crippen MR) is 106 cm³/mol. The van der Waals surface area contributed by atoms with Gasteiger partial charge < -0.3 is 19.5 Å². The van der Waals surface area contributed by atoms with Gasteiger partial charge in [0.2, 0.25) is 5.91 Å². The van der Waals surface area contributed by atoms with Crippen LogP contribution in [0.5, 0.6) is 17.2 Å². The average molecular weight is 383 g/mol. The number of Topliss-reactive ketones (excluding diaryl/α,β-unsaturated/α-hetero) is 1. The standard InChI is InChI=1S/C22H25NO5/c1-22(2)14-19(24)18-13-15(6-11-20(18)28-22)23-21(25)5-4-12-27-17-9-7-16(26-3)8-10-17/h6-11,13H,4-5,12,14H2,1-3H3,(H,23,25). The summed E-state index contributed by atoms with van der Waals surface area (Å²) in [6, 6.07) is 12.5. The van der Waals surface area contributed by atoms with Crippen molar-refractivity contribution in [3.63, 3.8) is 0 Å². The summed E-state index contributed by atoms with van der Waals surface area (Å²) in [6.45, 7) is 4.21. The van der Waals surface area contributed by atoms with Crippen molar-refractivity contribution in [1.82, 2.24) is 0 Å². The average Bonchev–Trinajstić information content (AvgIpc) is 2.65. The number of benzene rings is 2. The molecule has 1 aliphatic rings. The zero-order valence-corrected chi connectivity index (χ0v) is 16.4. The number of hydrogen-bond acceptors (Lipinski definition) is 5. The van der Waals surface area contributed by atoms with Gasteiger partial charge in [-0.05, 0) is 62.7 Å². The lowest BCUT2D eigenvalue weighted by atomic mass is 9.93. The first-order valence-electron chi connectivity index (χ1n) is 9.29. The summed E-state index contributed by atoms with van der Waals surface area (Å²) in [7, 11) is 1.61. The lowest BCUT2D eigenvalue weighted by Gasteiger charge is -2.31. The summed E-state index contributed by atoms with van der Waals surface area (Å²) in [5.41, 5.74) is 0.607. The number of hydrogen-bond donors (Lipinski definition) is 1. The maximum Gasteiger partial charge on any atom is 0.224 e. The molecule has 6 nitrogen and oxygen atoms in total. The molecule has 0 bridgehead atoms. The first kappa shape index (κ1) is 19.7. The molecule has 148 valence electrons. The number of carbonyl (C=O) groups excluding carboxylic acids is 2. The summed E-state index contributed by atoms with van der Waals surface area (Å²) in [4.78, 5) is 24.5. The summed E-state index contributed by atoms with van der Waals surface area (Å²) >= 11 is 0. The van der Waals surface area contributed by atoms with Crippen molar-refractivity contribution >= 4 is 17.4 Å². The van der Waals surface area contributed by atoms with Crippen molar-refractivity contribution in [1.29, 1.82) is 0 Å². The Hall–Kier alpha value is -3.02. The van der Waals surface area contributed by atoms with E-state index in [0.29, 0.717) is 42.9 Å². The van der Waals surface area contributed by atoms with Gasteiger partial charge in [-0.3, -0.25) is 9.59 Å². The van der Waals surface area contributed by atoms with Crippen LogP contribution in [-0.4, -0.2) is 31.0 Å². The minimum Gasteiger partial charge on any atom is -0.497 e. The summed E-state index contributed by atoms with van der Waals surface area (Å²) < 4.78 is 16.5. The van der Waals surface area contributed by atoms with Gasteiger partial charge in [0.05, 0.1) is 25.7 Å². The highest BCUT2D eigenvalue weighted by molar-refractivity contribution is 6.02. The summed E-state index contributed by atoms with van der Waals surface area (Å²) in [5.74, 6) is 1.96. The molecule has 0 saturated heterocycles. The van der Waals surface area contributed by atoms with Crippen LogP contribution in [-0.2, 0) is 4.79 Å². The highest BCUT2D eigenvalue weighted by Gasteiger charge is 2.32. The Kier molecular flexibility index (Phi) is 5.87. The van der Waals surface area contributed by atoms with Gasteiger partial charge in [0, 0.05) is 12.1 Å². The molecule has 0 aliphatic carbocycles. The molecule has 1 heterocycles. The van der Waals surface area contributed by atoms with E-state index in [4.69, 9.17) is 14.2 Å². The highest BCUT2D eigenvalue weighted by atomic mass is 16.5. The first-order chi connectivity index (χ1) is 13.4. The van der Waals surface area contributed by atoms with Crippen molar-refractivity contribution < 1.29 is 23.8 Å². The predicted octanol–water partition coefficient (Wildman–Crippen LogP) is 4.24. The van der Waals surface area contributed by atoms with Crippen LogP contribution < -0.4 is 19.5 Å². The van der Waals surface area contributed by atoms with Crippen LogP contribution in [0.1, 0.15) is 43.5 Å². The quantitative estimate of drug-likeness (QED) is 0.724. The van der Waals surface area contributed by atoms with Crippen molar-refractivity contribution in [3.05, 3.63) is 48.0 Å². The monoisotopic (exact) mass is 383 g/mol. The molecule has 1 N–H and O–H groups in total. The number of ketones is 1. The molecular weight excluding hydrogens is 358 g/mol. The SMILES string of the molecule is COc1ccc(OCCCC(=O)Nc2ccc3c(c2)C(=O)CC(C)(C)O3)cc1. The zero-order chi connectivity index (χ0) is 20.1. The van der Waals surface area contributed by atoms with Crippen LogP contribution in [0.2, 0.25) is 0 Å². The van der Waals surface area contributed by atoms with E-state index >= 15 is 0 Å². The number of ether oxygens (including phenoxy) is 3. The number of fused-ring (bicyclic) bond motifs is 1. The highest BCUT2D eigenvalue weighted by Crippen LogP contribution is 2.34. The molecule has 2 aromatic carbocycles. The van der Waals surface area contributed by atoms with Crippen LogP contribution in [0.15, 0.2) is 42.5 Å². The van der Waals surface area contributed by atoms with Gasteiger partial charge in [-0.15, -0.1) is 0 Å². The van der Waals surface area contributed by atoms with E-state index in [0.717, 1.165) is 11.5 Å². The van der Waals surface area contributed by atoms with Crippen molar-refractivity contribution in [3.8, 4) is 17.2 Å². The van der Waals surface area contributed by atoms with E-state index in [9.17, 15) is 9.59 Å². The van der Waals surface area contributed by atoms with Gasteiger partial charge >= 0.3 is 0 Å². The molecule has 0 fully saturated rings. The molecule has 3 rings (SSSR count). The largest absolute Gasteiger partial charge is 0.497 e. The Morgan fingerprint density at radius 2 is 1.86 bits per heavy atom. The Balaban J connectivity index is 1.47. The van der Waals surface area contributed by atoms with E-state index in [1.165, 1.54) is 0 Å². The normalized spacial score (nSPS) is 14.6. The molecule has 0 radical (unpaired) electrons. The third kappa shape index (κ3) is 5.03. The molecule has 0 spiro atoms. The number of amides is 1. The first-order valence-corrected chi connectivity index (χ1v) is 9.29. The molecule has 2 aromatic rings. The van der Waals surface area contributed by atoms with Crippen molar-refractivity contribution in [2.24, 2.45) is 0 Å². The van der Waals surface area contributed by atoms with Gasteiger partial charge in [-0.25, -0.2) is 0 Å². The second-order valence-electron chi connectivity index (χ2n) is 7.35. The van der Waals surface area contributed by atoms with Crippen LogP contribution in [0, 0.1) is 0 Å². The van der Waals surface area contributed by atoms with E-state index < -0.39 is 5.60 Å². The summed E-state index contributed by atoms with van der Waals surface area (Å²) in [5, 5.41) is 2.83. The van der Waals surface area contributed by atoms with E-state index in [1.807, 2.05) is 38.1 Å². The Morgan fingerprint density at radius 1 is 1.14 bits per heavy atom. The van der Waals surface area contributed by atoms with Crippen LogP contribution in [0.3, 0.4) is 0 Å². The van der Waals surface area contributed by atoms with Gasteiger partial charge in [0.1, 0.15) is 22.8 Å². The molecule has 0 aromatic heterocycles. The Morgan fingerprint density at radius 3 is 2.57 bits per heavy atom. The minimum absolute atomic E-state index is 0.0234. The van der Waals surface area contributed by atoms with Gasteiger partial charge in [0.25, 0.3) is 0 Å². The molecule has 6 heteroatoms. The molecule has 1 amide bonds. The Labute approximate surface area is 164 Å². The fraction of sp³-hybridized carbons (Fsp3) is 0.364. The lowest BCUT2D eigenvalue weighted by molar-refractivity contribution is -0.116. The van der Waals surface area contributed by atoms with Gasteiger partial charge in [-0.2, -0.15) is 0 Å². The topological polar surface area (TPSA) is 73.9 Å². The van der Waals surface area contributed by atoms with Crippen molar-refractivity contribution in [2.75, 3.05) is 19.0 Å². The fourth-order valence-electron chi connectivity index (χ4n) is 3.05. The van der Waals surface area contributed by atoms with Gasteiger partial charge in [-0.1, -0.05) is 0 Å². The third-order valence-electron chi connectivity index (χ3n) is 4.41. The van der Waals surface area contributed by atoms with Crippen molar-refractivity contribution in [2.45, 2.75) is 38.7 Å². The van der Waals surface area contributed by atoms with Crippen LogP contribution in [0.25, 0.3) is 0 Å². The number of rotatable bonds is 7. The number of methoxy groups -OCH3 is 1. The fourth-order valence-corrected chi connectivity index (χ4v) is 3.05. The van der Waals surface area contributed by atoms with E-state index in [-0.39, 0.29) is 11.7 Å². The number of nitrogens with one attached hydrogen (secondary N) is 1. The third-order valence-corrected chi connectivity index (χ3v) is 4.41. The van der Waals surface area contributed by atoms with E-state index in [2.05, 4.69) is 5.32 Å². The zero-order valence-electron chi connectivity index (χ0n) is 16.4. The maximum absolute atomic E-state index is 12.3. The number of anilines is 1. The molecule has 0 atom stereocenters. The lowest BCUT2D eigenvalue weighted by Crippen LogP contribution is -2.35. The molecule has 0 unspecified atom stereocenters. The molecule has 1 aliphatic heterocycles. The van der Waals surface area contributed by atoms with Gasteiger partial charge in [0.15, 0.2) is 5.78 Å².